The number of aromatic nitrogens is 2. The third-order valence-electron chi connectivity index (χ3n) is 5.42. The van der Waals surface area contributed by atoms with Gasteiger partial charge in [0.25, 0.3) is 5.56 Å². The number of hydrogen-bond donors (Lipinski definition) is 0. The Hall–Kier alpha value is -2.51. The van der Waals surface area contributed by atoms with Gasteiger partial charge in [0.15, 0.2) is 0 Å². The Morgan fingerprint density at radius 3 is 2.63 bits per heavy atom. The van der Waals surface area contributed by atoms with Crippen molar-refractivity contribution < 1.29 is 9.53 Å². The lowest BCUT2D eigenvalue weighted by atomic mass is 9.97. The number of ether oxygens (including phenoxy) is 1. The van der Waals surface area contributed by atoms with Crippen LogP contribution in [0.5, 0.6) is 0 Å². The molecule has 0 saturated heterocycles. The molecule has 0 unspecified atom stereocenters. The summed E-state index contributed by atoms with van der Waals surface area (Å²) in [4.78, 5) is 34.6. The van der Waals surface area contributed by atoms with Gasteiger partial charge in [0.05, 0.1) is 30.6 Å². The predicted octanol–water partition coefficient (Wildman–Crippen LogP) is 3.62. The van der Waals surface area contributed by atoms with Gasteiger partial charge in [-0.25, -0.2) is 9.78 Å². The molecule has 0 spiro atoms. The van der Waals surface area contributed by atoms with E-state index in [-0.39, 0.29) is 11.5 Å². The maximum absolute atomic E-state index is 13.6. The smallest absolute Gasteiger partial charge is 0.338 e. The van der Waals surface area contributed by atoms with Crippen LogP contribution in [0.25, 0.3) is 10.2 Å². The minimum atomic E-state index is -0.331. The zero-order valence-electron chi connectivity index (χ0n) is 17.7. The Morgan fingerprint density at radius 2 is 1.93 bits per heavy atom. The van der Waals surface area contributed by atoms with Crippen molar-refractivity contribution in [3.8, 4) is 0 Å². The van der Waals surface area contributed by atoms with Gasteiger partial charge < -0.3 is 9.64 Å². The average molecular weight is 426 g/mol. The molecule has 0 saturated carbocycles. The highest BCUT2D eigenvalue weighted by molar-refractivity contribution is 7.18. The third-order valence-corrected chi connectivity index (χ3v) is 6.60. The van der Waals surface area contributed by atoms with Crippen LogP contribution >= 0.6 is 11.3 Å². The van der Waals surface area contributed by atoms with Gasteiger partial charge in [-0.2, -0.15) is 0 Å². The number of nitrogens with zero attached hydrogens (tertiary/aromatic N) is 3. The van der Waals surface area contributed by atoms with Crippen molar-refractivity contribution in [2.75, 3.05) is 20.7 Å². The lowest BCUT2D eigenvalue weighted by Gasteiger charge is -2.16. The minimum absolute atomic E-state index is 0.0470. The Morgan fingerprint density at radius 1 is 1.20 bits per heavy atom. The molecular weight excluding hydrogens is 398 g/mol. The fraction of sp³-hybridized carbons (Fsp3) is 0.435. The quantitative estimate of drug-likeness (QED) is 0.565. The standard InChI is InChI=1S/C23H27N3O3S/c1-4-29-23(28)16-11-9-15(10-12-16)13-26-19(14-25(2)3)24-21-20(22(26)27)17-7-5-6-8-18(17)30-21/h9-12H,4-8,13-14H2,1-3H3. The van der Waals surface area contributed by atoms with Crippen LogP contribution in [0.3, 0.4) is 0 Å². The zero-order chi connectivity index (χ0) is 21.3. The Labute approximate surface area is 180 Å². The van der Waals surface area contributed by atoms with Crippen LogP contribution < -0.4 is 5.56 Å². The molecule has 0 aliphatic heterocycles. The van der Waals surface area contributed by atoms with Gasteiger partial charge in [-0.05, 0) is 70.0 Å². The fourth-order valence-electron chi connectivity index (χ4n) is 3.99. The molecule has 1 aliphatic rings. The van der Waals surface area contributed by atoms with Crippen molar-refractivity contribution >= 4 is 27.5 Å². The number of carbonyl (C=O) groups is 1. The highest BCUT2D eigenvalue weighted by Gasteiger charge is 2.22. The van der Waals surface area contributed by atoms with Crippen LogP contribution in [-0.4, -0.2) is 41.1 Å². The monoisotopic (exact) mass is 425 g/mol. The van der Waals surface area contributed by atoms with Gasteiger partial charge in [0.2, 0.25) is 0 Å². The maximum atomic E-state index is 13.6. The predicted molar refractivity (Wildman–Crippen MR) is 119 cm³/mol. The Bertz CT molecular complexity index is 1130. The zero-order valence-corrected chi connectivity index (χ0v) is 18.6. The van der Waals surface area contributed by atoms with Crippen molar-refractivity contribution in [1.29, 1.82) is 0 Å². The molecule has 0 amide bonds. The molecule has 3 aromatic rings. The van der Waals surface area contributed by atoms with Gasteiger partial charge >= 0.3 is 5.97 Å². The SMILES string of the molecule is CCOC(=O)c1ccc(Cn2c(CN(C)C)nc3sc4c(c3c2=O)CCCC4)cc1. The molecule has 1 aromatic carbocycles. The van der Waals surface area contributed by atoms with E-state index in [1.54, 1.807) is 35.0 Å². The molecule has 0 atom stereocenters. The van der Waals surface area contributed by atoms with Gasteiger partial charge in [0, 0.05) is 4.88 Å². The van der Waals surface area contributed by atoms with E-state index >= 15 is 0 Å². The van der Waals surface area contributed by atoms with Crippen LogP contribution in [0.4, 0.5) is 0 Å². The van der Waals surface area contributed by atoms with Crippen LogP contribution in [0.15, 0.2) is 29.1 Å². The number of hydrogen-bond acceptors (Lipinski definition) is 6. The normalized spacial score (nSPS) is 13.6. The second-order valence-electron chi connectivity index (χ2n) is 7.97. The summed E-state index contributed by atoms with van der Waals surface area (Å²) in [6.07, 6.45) is 4.33. The van der Waals surface area contributed by atoms with E-state index in [4.69, 9.17) is 9.72 Å². The van der Waals surface area contributed by atoms with E-state index in [1.165, 1.54) is 16.9 Å². The first-order valence-corrected chi connectivity index (χ1v) is 11.2. The van der Waals surface area contributed by atoms with Crippen molar-refractivity contribution in [3.05, 3.63) is 62.0 Å². The lowest BCUT2D eigenvalue weighted by Crippen LogP contribution is -2.29. The molecule has 2 aromatic heterocycles. The molecule has 6 nitrogen and oxygen atoms in total. The molecule has 0 fully saturated rings. The summed E-state index contributed by atoms with van der Waals surface area (Å²) < 4.78 is 6.85. The lowest BCUT2D eigenvalue weighted by molar-refractivity contribution is 0.0526. The number of benzene rings is 1. The summed E-state index contributed by atoms with van der Waals surface area (Å²) in [5, 5.41) is 0.806. The first-order valence-electron chi connectivity index (χ1n) is 10.4. The molecule has 0 bridgehead atoms. The van der Waals surface area contributed by atoms with Gasteiger partial charge in [-0.3, -0.25) is 9.36 Å². The summed E-state index contributed by atoms with van der Waals surface area (Å²) >= 11 is 1.69. The van der Waals surface area contributed by atoms with E-state index in [0.717, 1.165) is 40.9 Å². The van der Waals surface area contributed by atoms with E-state index in [1.807, 2.05) is 31.1 Å². The summed E-state index contributed by atoms with van der Waals surface area (Å²) in [5.74, 6) is 0.438. The molecule has 7 heteroatoms. The highest BCUT2D eigenvalue weighted by atomic mass is 32.1. The fourth-order valence-corrected chi connectivity index (χ4v) is 5.26. The van der Waals surface area contributed by atoms with Crippen molar-refractivity contribution in [3.63, 3.8) is 0 Å². The average Bonchev–Trinajstić information content (AvgIpc) is 3.09. The number of esters is 1. The second-order valence-corrected chi connectivity index (χ2v) is 9.05. The molecule has 2 heterocycles. The number of thiophene rings is 1. The Balaban J connectivity index is 1.75. The van der Waals surface area contributed by atoms with Crippen LogP contribution in [-0.2, 0) is 30.7 Å². The molecule has 0 radical (unpaired) electrons. The van der Waals surface area contributed by atoms with Crippen molar-refractivity contribution in [2.24, 2.45) is 0 Å². The number of fused-ring (bicyclic) bond motifs is 3. The minimum Gasteiger partial charge on any atom is -0.462 e. The van der Waals surface area contributed by atoms with Crippen molar-refractivity contribution in [2.45, 2.75) is 45.7 Å². The first-order chi connectivity index (χ1) is 14.5. The highest BCUT2D eigenvalue weighted by Crippen LogP contribution is 2.34. The summed E-state index contributed by atoms with van der Waals surface area (Å²) in [5.41, 5.74) is 2.73. The summed E-state index contributed by atoms with van der Waals surface area (Å²) in [7, 11) is 3.96. The van der Waals surface area contributed by atoms with Crippen molar-refractivity contribution in [1.82, 2.24) is 14.5 Å². The number of carbonyl (C=O) groups excluding carboxylic acids is 1. The third kappa shape index (κ3) is 4.04. The summed E-state index contributed by atoms with van der Waals surface area (Å²) in [6, 6.07) is 7.27. The molecule has 1 aliphatic carbocycles. The van der Waals surface area contributed by atoms with E-state index in [9.17, 15) is 9.59 Å². The van der Waals surface area contributed by atoms with E-state index in [0.29, 0.717) is 25.3 Å². The largest absolute Gasteiger partial charge is 0.462 e. The van der Waals surface area contributed by atoms with Gasteiger partial charge in [0.1, 0.15) is 10.7 Å². The second kappa shape index (κ2) is 8.70. The first kappa shape index (κ1) is 20.8. The maximum Gasteiger partial charge on any atom is 0.338 e. The van der Waals surface area contributed by atoms with Gasteiger partial charge in [-0.15, -0.1) is 11.3 Å². The molecule has 30 heavy (non-hydrogen) atoms. The summed E-state index contributed by atoms with van der Waals surface area (Å²) in [6.45, 7) is 3.16. The van der Waals surface area contributed by atoms with Gasteiger partial charge in [-0.1, -0.05) is 12.1 Å². The molecule has 158 valence electrons. The van der Waals surface area contributed by atoms with E-state index in [2.05, 4.69) is 0 Å². The van der Waals surface area contributed by atoms with E-state index < -0.39 is 0 Å². The molecule has 4 rings (SSSR count). The molecule has 0 N–H and O–H groups in total. The van der Waals surface area contributed by atoms with Crippen LogP contribution in [0.1, 0.15) is 52.0 Å². The topological polar surface area (TPSA) is 64.4 Å². The number of rotatable bonds is 6. The number of aryl methyl sites for hydroxylation is 2. The van der Waals surface area contributed by atoms with Crippen LogP contribution in [0.2, 0.25) is 0 Å². The van der Waals surface area contributed by atoms with Crippen LogP contribution in [0, 0.1) is 0 Å². The molecular formula is C23H27N3O3S. The Kier molecular flexibility index (Phi) is 6.01.